The number of hydrogen-bond donors (Lipinski definition) is 3. The van der Waals surface area contributed by atoms with E-state index in [4.69, 9.17) is 11.6 Å². The van der Waals surface area contributed by atoms with E-state index in [2.05, 4.69) is 30.8 Å². The zero-order chi connectivity index (χ0) is 23.9. The smallest absolute Gasteiger partial charge is 0.382 e. The summed E-state index contributed by atoms with van der Waals surface area (Å²) < 4.78 is 40.1. The predicted octanol–water partition coefficient (Wildman–Crippen LogP) is 5.33. The number of fused-ring (bicyclic) bond motifs is 2. The molecule has 0 aliphatic heterocycles. The number of nitrogens with one attached hydrogen (secondary N) is 3. The summed E-state index contributed by atoms with van der Waals surface area (Å²) >= 11 is 6.08. The van der Waals surface area contributed by atoms with Gasteiger partial charge in [-0.1, -0.05) is 11.6 Å². The summed E-state index contributed by atoms with van der Waals surface area (Å²) in [5.41, 5.74) is 0.464. The number of amides is 1. The average molecular weight is 489 g/mol. The quantitative estimate of drug-likeness (QED) is 0.361. The molecule has 0 unspecified atom stereocenters. The average Bonchev–Trinajstić information content (AvgIpc) is 3.24. The molecule has 0 saturated heterocycles. The molecule has 1 saturated carbocycles. The number of aromatic nitrogens is 4. The van der Waals surface area contributed by atoms with Crippen molar-refractivity contribution in [3.63, 3.8) is 0 Å². The molecule has 3 aromatic heterocycles. The van der Waals surface area contributed by atoms with Crippen molar-refractivity contribution < 1.29 is 18.0 Å². The first-order valence-electron chi connectivity index (χ1n) is 10.8. The number of hydrogen-bond acceptors (Lipinski definition) is 5. The summed E-state index contributed by atoms with van der Waals surface area (Å²) in [7, 11) is 0. The van der Waals surface area contributed by atoms with E-state index < -0.39 is 11.9 Å². The number of carbonyl (C=O) groups excluding carboxylic acids is 1. The lowest BCUT2D eigenvalue weighted by molar-refractivity contribution is -0.140. The molecule has 0 atom stereocenters. The van der Waals surface area contributed by atoms with Gasteiger partial charge >= 0.3 is 6.18 Å². The number of benzene rings is 1. The number of halogens is 4. The molecule has 11 heteroatoms. The van der Waals surface area contributed by atoms with Gasteiger partial charge in [0.05, 0.1) is 10.9 Å². The Hall–Kier alpha value is -3.40. The van der Waals surface area contributed by atoms with Gasteiger partial charge < -0.3 is 10.6 Å². The van der Waals surface area contributed by atoms with Crippen LogP contribution in [0, 0.1) is 0 Å². The first-order chi connectivity index (χ1) is 16.3. The Morgan fingerprint density at radius 1 is 1.06 bits per heavy atom. The van der Waals surface area contributed by atoms with E-state index in [-0.39, 0.29) is 23.5 Å². The fourth-order valence-electron chi connectivity index (χ4n) is 4.35. The molecule has 1 amide bonds. The van der Waals surface area contributed by atoms with Crippen LogP contribution in [0.3, 0.4) is 0 Å². The van der Waals surface area contributed by atoms with Crippen LogP contribution in [0.4, 0.5) is 18.9 Å². The number of anilines is 1. The lowest BCUT2D eigenvalue weighted by atomic mass is 9.90. The van der Waals surface area contributed by atoms with Crippen LogP contribution in [0.25, 0.3) is 21.9 Å². The van der Waals surface area contributed by atoms with Gasteiger partial charge in [0.2, 0.25) is 0 Å². The van der Waals surface area contributed by atoms with Crippen LogP contribution in [0.1, 0.15) is 41.9 Å². The fourth-order valence-corrected chi connectivity index (χ4v) is 4.52. The Morgan fingerprint density at radius 3 is 2.59 bits per heavy atom. The predicted molar refractivity (Wildman–Crippen MR) is 123 cm³/mol. The second-order valence-corrected chi connectivity index (χ2v) is 8.79. The molecule has 3 heterocycles. The van der Waals surface area contributed by atoms with Crippen LogP contribution in [0.5, 0.6) is 0 Å². The molecule has 7 nitrogen and oxygen atoms in total. The Labute approximate surface area is 197 Å². The molecule has 176 valence electrons. The highest BCUT2D eigenvalue weighted by Gasteiger charge is 2.34. The second-order valence-electron chi connectivity index (χ2n) is 8.35. The number of carbonyl (C=O) groups is 1. The third kappa shape index (κ3) is 4.50. The van der Waals surface area contributed by atoms with Gasteiger partial charge in [-0.2, -0.15) is 18.3 Å². The highest BCUT2D eigenvalue weighted by atomic mass is 35.5. The molecule has 5 rings (SSSR count). The van der Waals surface area contributed by atoms with E-state index in [9.17, 15) is 18.0 Å². The summed E-state index contributed by atoms with van der Waals surface area (Å²) in [5, 5.41) is 14.7. The van der Waals surface area contributed by atoms with E-state index in [0.717, 1.165) is 6.07 Å². The van der Waals surface area contributed by atoms with Gasteiger partial charge in [0.1, 0.15) is 11.4 Å². The number of H-pyrrole nitrogens is 1. The van der Waals surface area contributed by atoms with Gasteiger partial charge in [-0.05, 0) is 62.1 Å². The van der Waals surface area contributed by atoms with Crippen LogP contribution in [-0.2, 0) is 6.18 Å². The van der Waals surface area contributed by atoms with Gasteiger partial charge in [0.25, 0.3) is 5.91 Å². The molecule has 1 aliphatic rings. The van der Waals surface area contributed by atoms with E-state index in [1.165, 1.54) is 12.1 Å². The summed E-state index contributed by atoms with van der Waals surface area (Å²) in [6.07, 6.45) is -0.216. The number of rotatable bonds is 4. The maximum Gasteiger partial charge on any atom is 0.433 e. The normalized spacial score (nSPS) is 18.8. The Morgan fingerprint density at radius 2 is 1.82 bits per heavy atom. The van der Waals surface area contributed by atoms with Crippen molar-refractivity contribution in [2.45, 2.75) is 43.9 Å². The summed E-state index contributed by atoms with van der Waals surface area (Å²) in [5.74, 6) is -0.253. The molecule has 3 N–H and O–H groups in total. The van der Waals surface area contributed by atoms with E-state index in [1.54, 1.807) is 24.4 Å². The molecule has 0 bridgehead atoms. The van der Waals surface area contributed by atoms with Crippen molar-refractivity contribution in [1.82, 2.24) is 25.5 Å². The second kappa shape index (κ2) is 8.75. The highest BCUT2D eigenvalue weighted by Crippen LogP contribution is 2.35. The Kier molecular flexibility index (Phi) is 5.76. The molecular weight excluding hydrogens is 469 g/mol. The molecule has 0 spiro atoms. The Bertz CT molecular complexity index is 1360. The van der Waals surface area contributed by atoms with Crippen LogP contribution in [-0.4, -0.2) is 38.2 Å². The number of alkyl halides is 3. The SMILES string of the molecule is O=C(NC1CCC(Nc2cc(C(F)(F)F)nc3ccc(Cl)cc23)CC1)c1[nH]nc2ncccc12. The van der Waals surface area contributed by atoms with Gasteiger partial charge in [-0.25, -0.2) is 9.97 Å². The van der Waals surface area contributed by atoms with Crippen molar-refractivity contribution in [2.75, 3.05) is 5.32 Å². The van der Waals surface area contributed by atoms with E-state index in [0.29, 0.717) is 58.5 Å². The topological polar surface area (TPSA) is 95.6 Å². The van der Waals surface area contributed by atoms with Gasteiger partial charge in [0.15, 0.2) is 5.65 Å². The van der Waals surface area contributed by atoms with Crippen LogP contribution in [0.2, 0.25) is 5.02 Å². The minimum Gasteiger partial charge on any atom is -0.382 e. The number of aromatic amines is 1. The zero-order valence-corrected chi connectivity index (χ0v) is 18.5. The lowest BCUT2D eigenvalue weighted by Gasteiger charge is -2.30. The van der Waals surface area contributed by atoms with Crippen LogP contribution < -0.4 is 10.6 Å². The first-order valence-corrected chi connectivity index (χ1v) is 11.2. The lowest BCUT2D eigenvalue weighted by Crippen LogP contribution is -2.40. The fraction of sp³-hybridized carbons (Fsp3) is 0.304. The van der Waals surface area contributed by atoms with E-state index >= 15 is 0 Å². The summed E-state index contributed by atoms with van der Waals surface area (Å²) in [4.78, 5) is 20.6. The van der Waals surface area contributed by atoms with Crippen molar-refractivity contribution in [3.8, 4) is 0 Å². The zero-order valence-electron chi connectivity index (χ0n) is 17.8. The third-order valence-corrected chi connectivity index (χ3v) is 6.27. The minimum absolute atomic E-state index is 0.0454. The first kappa shape index (κ1) is 22.4. The van der Waals surface area contributed by atoms with Crippen LogP contribution >= 0.6 is 11.6 Å². The molecule has 1 aliphatic carbocycles. The molecular formula is C23H20ClF3N6O. The molecule has 1 aromatic carbocycles. The minimum atomic E-state index is -4.56. The van der Waals surface area contributed by atoms with Gasteiger partial charge in [0, 0.05) is 34.4 Å². The van der Waals surface area contributed by atoms with Crippen LogP contribution in [0.15, 0.2) is 42.6 Å². The number of nitrogens with zero attached hydrogens (tertiary/aromatic N) is 3. The maximum atomic E-state index is 13.4. The largest absolute Gasteiger partial charge is 0.433 e. The van der Waals surface area contributed by atoms with Crippen molar-refractivity contribution in [3.05, 3.63) is 59.0 Å². The van der Waals surface area contributed by atoms with Crippen molar-refractivity contribution >= 4 is 45.1 Å². The Balaban J connectivity index is 1.27. The maximum absolute atomic E-state index is 13.4. The number of pyridine rings is 2. The monoisotopic (exact) mass is 488 g/mol. The molecule has 0 radical (unpaired) electrons. The summed E-state index contributed by atoms with van der Waals surface area (Å²) in [6.45, 7) is 0. The third-order valence-electron chi connectivity index (χ3n) is 6.04. The molecule has 4 aromatic rings. The van der Waals surface area contributed by atoms with E-state index in [1.807, 2.05) is 0 Å². The van der Waals surface area contributed by atoms with Gasteiger partial charge in [-0.3, -0.25) is 9.89 Å². The molecule has 34 heavy (non-hydrogen) atoms. The standard InChI is InChI=1S/C23H20ClF3N6O/c24-12-3-8-17-16(10-12)18(11-19(31-17)23(25,26)27)29-13-4-6-14(7-5-13)30-22(34)20-15-2-1-9-28-21(15)33-32-20/h1-3,8-11,13-14H,4-7H2,(H,29,31)(H,30,34)(H,28,32,33). The van der Waals surface area contributed by atoms with Crippen molar-refractivity contribution in [2.24, 2.45) is 0 Å². The van der Waals surface area contributed by atoms with Gasteiger partial charge in [-0.15, -0.1) is 0 Å². The highest BCUT2D eigenvalue weighted by molar-refractivity contribution is 6.31. The molecule has 1 fully saturated rings. The van der Waals surface area contributed by atoms with Crippen molar-refractivity contribution in [1.29, 1.82) is 0 Å². The summed E-state index contributed by atoms with van der Waals surface area (Å²) in [6, 6.07) is 9.08.